The van der Waals surface area contributed by atoms with Crippen LogP contribution in [0.25, 0.3) is 0 Å². The Morgan fingerprint density at radius 3 is 2.55 bits per heavy atom. The molecule has 3 rings (SSSR count). The molecule has 1 N–H and O–H groups in total. The first-order valence-corrected chi connectivity index (χ1v) is 12.4. The molecule has 0 aliphatic rings. The molecule has 0 saturated heterocycles. The summed E-state index contributed by atoms with van der Waals surface area (Å²) < 4.78 is 27.0. The van der Waals surface area contributed by atoms with E-state index >= 15 is 0 Å². The van der Waals surface area contributed by atoms with Gasteiger partial charge in [-0.05, 0) is 30.3 Å². The Bertz CT molecular complexity index is 1200. The minimum Gasteiger partial charge on any atom is -0.325 e. The molecule has 1 amide bonds. The van der Waals surface area contributed by atoms with Gasteiger partial charge in [-0.3, -0.25) is 4.79 Å². The van der Waals surface area contributed by atoms with Gasteiger partial charge in [0, 0.05) is 12.2 Å². The number of hydrogen-bond donors (Lipinski definition) is 1. The lowest BCUT2D eigenvalue weighted by atomic mass is 10.3. The molecule has 0 radical (unpaired) electrons. The molecule has 0 aliphatic heterocycles. The van der Waals surface area contributed by atoms with Crippen molar-refractivity contribution in [2.24, 2.45) is 0 Å². The van der Waals surface area contributed by atoms with E-state index in [1.165, 1.54) is 12.1 Å². The van der Waals surface area contributed by atoms with E-state index in [1.807, 2.05) is 0 Å². The molecule has 0 fully saturated rings. The lowest BCUT2D eigenvalue weighted by molar-refractivity contribution is -0.113. The zero-order valence-corrected chi connectivity index (χ0v) is 19.3. The molecule has 31 heavy (non-hydrogen) atoms. The summed E-state index contributed by atoms with van der Waals surface area (Å²) in [5, 5.41) is 12.0. The van der Waals surface area contributed by atoms with Crippen LogP contribution in [0.1, 0.15) is 5.82 Å². The van der Waals surface area contributed by atoms with Crippen LogP contribution in [0.3, 0.4) is 0 Å². The van der Waals surface area contributed by atoms with Crippen LogP contribution >= 0.6 is 35.0 Å². The number of carbonyl (C=O) groups excluding carboxylic acids is 1. The van der Waals surface area contributed by atoms with Crippen LogP contribution in [-0.2, 0) is 26.9 Å². The number of hydrogen-bond acceptors (Lipinski definition) is 6. The van der Waals surface area contributed by atoms with E-state index in [-0.39, 0.29) is 28.1 Å². The second-order valence-electron chi connectivity index (χ2n) is 6.34. The molecule has 0 atom stereocenters. The van der Waals surface area contributed by atoms with Crippen LogP contribution in [-0.4, -0.2) is 34.8 Å². The number of amides is 1. The van der Waals surface area contributed by atoms with Gasteiger partial charge < -0.3 is 9.88 Å². The Morgan fingerprint density at radius 2 is 1.87 bits per heavy atom. The fraction of sp³-hybridized carbons (Fsp3) is 0.150. The first kappa shape index (κ1) is 23.3. The number of benzene rings is 2. The molecule has 162 valence electrons. The number of halogens is 2. The first-order valence-electron chi connectivity index (χ1n) is 8.98. The summed E-state index contributed by atoms with van der Waals surface area (Å²) in [6.45, 7) is 4.01. The number of nitrogens with one attached hydrogen (secondary N) is 1. The van der Waals surface area contributed by atoms with Crippen molar-refractivity contribution in [3.8, 4) is 0 Å². The summed E-state index contributed by atoms with van der Waals surface area (Å²) in [6.07, 6.45) is 1.61. The number of thioether (sulfide) groups is 1. The Balaban J connectivity index is 1.70. The van der Waals surface area contributed by atoms with Gasteiger partial charge in [0.2, 0.25) is 5.91 Å². The van der Waals surface area contributed by atoms with Crippen molar-refractivity contribution in [3.63, 3.8) is 0 Å². The molecule has 1 heterocycles. The molecule has 0 saturated carbocycles. The smallest absolute Gasteiger partial charge is 0.234 e. The number of allylic oxidation sites excluding steroid dienone is 1. The lowest BCUT2D eigenvalue weighted by Gasteiger charge is -2.09. The van der Waals surface area contributed by atoms with Crippen molar-refractivity contribution in [2.75, 3.05) is 11.1 Å². The van der Waals surface area contributed by atoms with Crippen molar-refractivity contribution in [2.45, 2.75) is 22.3 Å². The van der Waals surface area contributed by atoms with Crippen molar-refractivity contribution in [3.05, 3.63) is 77.1 Å². The van der Waals surface area contributed by atoms with Gasteiger partial charge in [-0.15, -0.1) is 16.8 Å². The summed E-state index contributed by atoms with van der Waals surface area (Å²) in [7, 11) is -3.59. The van der Waals surface area contributed by atoms with Crippen molar-refractivity contribution in [1.29, 1.82) is 0 Å². The molecular formula is C20H18Cl2N4O3S2. The molecule has 3 aromatic rings. The first-order chi connectivity index (χ1) is 14.8. The topological polar surface area (TPSA) is 93.9 Å². The average molecular weight is 497 g/mol. The number of nitrogens with zero attached hydrogens (tertiary/aromatic N) is 3. The van der Waals surface area contributed by atoms with Gasteiger partial charge >= 0.3 is 0 Å². The predicted octanol–water partition coefficient (Wildman–Crippen LogP) is 4.48. The molecule has 0 bridgehead atoms. The second kappa shape index (κ2) is 10.3. The number of rotatable bonds is 9. The van der Waals surface area contributed by atoms with E-state index in [1.54, 1.807) is 47.0 Å². The number of carbonyl (C=O) groups is 1. The van der Waals surface area contributed by atoms with Gasteiger partial charge in [0.15, 0.2) is 15.0 Å². The Morgan fingerprint density at radius 1 is 1.13 bits per heavy atom. The van der Waals surface area contributed by atoms with E-state index in [2.05, 4.69) is 22.1 Å². The van der Waals surface area contributed by atoms with Gasteiger partial charge in [-0.1, -0.05) is 59.2 Å². The third-order valence-electron chi connectivity index (χ3n) is 4.06. The summed E-state index contributed by atoms with van der Waals surface area (Å²) in [6, 6.07) is 12.9. The zero-order valence-electron chi connectivity index (χ0n) is 16.2. The van der Waals surface area contributed by atoms with Crippen molar-refractivity contribution in [1.82, 2.24) is 14.8 Å². The van der Waals surface area contributed by atoms with Gasteiger partial charge in [-0.2, -0.15) is 0 Å². The van der Waals surface area contributed by atoms with Crippen LogP contribution in [0.5, 0.6) is 0 Å². The van der Waals surface area contributed by atoms with E-state index in [9.17, 15) is 13.2 Å². The number of sulfone groups is 1. The van der Waals surface area contributed by atoms with Crippen molar-refractivity contribution < 1.29 is 13.2 Å². The second-order valence-corrected chi connectivity index (χ2v) is 10.1. The fourth-order valence-electron chi connectivity index (χ4n) is 2.63. The van der Waals surface area contributed by atoms with Crippen molar-refractivity contribution >= 4 is 56.4 Å². The van der Waals surface area contributed by atoms with Crippen LogP contribution in [0, 0.1) is 0 Å². The highest BCUT2D eigenvalue weighted by Gasteiger charge is 2.21. The normalized spacial score (nSPS) is 11.3. The van der Waals surface area contributed by atoms with Gasteiger partial charge in [-0.25, -0.2) is 8.42 Å². The summed E-state index contributed by atoms with van der Waals surface area (Å²) in [5.74, 6) is -0.277. The minimum absolute atomic E-state index is 0.0426. The van der Waals surface area contributed by atoms with E-state index in [0.29, 0.717) is 27.4 Å². The maximum absolute atomic E-state index is 12.7. The standard InChI is InChI=1S/C20H18Cl2N4O3S2/c1-2-10-26-18(13-31(28,29)15-6-4-3-5-7-15)24-25-20(26)30-12-19(27)23-14-8-9-16(21)17(22)11-14/h2-9,11H,1,10,12-13H2,(H,23,27). The molecular weight excluding hydrogens is 479 g/mol. The fourth-order valence-corrected chi connectivity index (χ4v) is 4.98. The Kier molecular flexibility index (Phi) is 7.77. The molecule has 1 aromatic heterocycles. The van der Waals surface area contributed by atoms with Crippen LogP contribution < -0.4 is 5.32 Å². The van der Waals surface area contributed by atoms with Gasteiger partial charge in [0.05, 0.1) is 20.7 Å². The Hall–Kier alpha value is -2.33. The highest BCUT2D eigenvalue weighted by molar-refractivity contribution is 7.99. The van der Waals surface area contributed by atoms with Gasteiger partial charge in [0.1, 0.15) is 11.6 Å². The SMILES string of the molecule is C=CCn1c(CS(=O)(=O)c2ccccc2)nnc1SCC(=O)Nc1ccc(Cl)c(Cl)c1. The molecule has 0 unspecified atom stereocenters. The maximum Gasteiger partial charge on any atom is 0.234 e. The molecule has 0 spiro atoms. The highest BCUT2D eigenvalue weighted by atomic mass is 35.5. The molecule has 2 aromatic carbocycles. The average Bonchev–Trinajstić information content (AvgIpc) is 3.11. The van der Waals surface area contributed by atoms with Crippen LogP contribution in [0.2, 0.25) is 10.0 Å². The van der Waals surface area contributed by atoms with Crippen LogP contribution in [0.15, 0.2) is 71.2 Å². The largest absolute Gasteiger partial charge is 0.325 e. The molecule has 0 aliphatic carbocycles. The molecule has 11 heteroatoms. The third kappa shape index (κ3) is 6.10. The monoisotopic (exact) mass is 496 g/mol. The Labute approximate surface area is 194 Å². The third-order valence-corrected chi connectivity index (χ3v) is 7.40. The summed E-state index contributed by atoms with van der Waals surface area (Å²) >= 11 is 13.0. The van der Waals surface area contributed by atoms with E-state index in [0.717, 1.165) is 11.8 Å². The van der Waals surface area contributed by atoms with Crippen LogP contribution in [0.4, 0.5) is 5.69 Å². The predicted molar refractivity (Wildman–Crippen MR) is 123 cm³/mol. The number of aromatic nitrogens is 3. The minimum atomic E-state index is -3.59. The summed E-state index contributed by atoms with van der Waals surface area (Å²) in [4.78, 5) is 12.5. The van der Waals surface area contributed by atoms with Gasteiger partial charge in [0.25, 0.3) is 0 Å². The molecule has 7 nitrogen and oxygen atoms in total. The summed E-state index contributed by atoms with van der Waals surface area (Å²) in [5.41, 5.74) is 0.516. The highest BCUT2D eigenvalue weighted by Crippen LogP contribution is 2.26. The van der Waals surface area contributed by atoms with E-state index < -0.39 is 9.84 Å². The maximum atomic E-state index is 12.7. The number of anilines is 1. The van der Waals surface area contributed by atoms with E-state index in [4.69, 9.17) is 23.2 Å². The zero-order chi connectivity index (χ0) is 22.4. The lowest BCUT2D eigenvalue weighted by Crippen LogP contribution is -2.15. The quantitative estimate of drug-likeness (QED) is 0.346.